The van der Waals surface area contributed by atoms with E-state index in [1.807, 2.05) is 6.07 Å². The molecule has 1 aromatic heterocycles. The van der Waals surface area contributed by atoms with Gasteiger partial charge in [-0.15, -0.1) is 0 Å². The predicted octanol–water partition coefficient (Wildman–Crippen LogP) is 3.90. The van der Waals surface area contributed by atoms with Gasteiger partial charge in [0.1, 0.15) is 22.3 Å². The normalized spacial score (nSPS) is 10.5. The van der Waals surface area contributed by atoms with Gasteiger partial charge >= 0.3 is 0 Å². The van der Waals surface area contributed by atoms with E-state index >= 15 is 0 Å². The van der Waals surface area contributed by atoms with Crippen LogP contribution in [0.15, 0.2) is 10.5 Å². The average Bonchev–Trinajstić information content (AvgIpc) is 2.29. The van der Waals surface area contributed by atoms with E-state index in [1.54, 1.807) is 0 Å². The number of hydrogen-bond acceptors (Lipinski definition) is 3. The number of hydrogen-bond donors (Lipinski definition) is 1. The summed E-state index contributed by atoms with van der Waals surface area (Å²) in [6, 6.07) is 3.25. The first-order chi connectivity index (χ1) is 7.97. The molecule has 17 heavy (non-hydrogen) atoms. The molecule has 3 nitrogen and oxygen atoms in total. The van der Waals surface area contributed by atoms with Gasteiger partial charge < -0.3 is 5.73 Å². The summed E-state index contributed by atoms with van der Waals surface area (Å²) in [7, 11) is 0. The van der Waals surface area contributed by atoms with Gasteiger partial charge in [-0.05, 0) is 22.0 Å². The Balaban J connectivity index is 3.04. The van der Waals surface area contributed by atoms with Crippen molar-refractivity contribution in [2.45, 2.75) is 0 Å². The lowest BCUT2D eigenvalue weighted by Crippen LogP contribution is -1.98. The summed E-state index contributed by atoms with van der Waals surface area (Å²) in [5.74, 6) is -0.661. The van der Waals surface area contributed by atoms with E-state index < -0.39 is 5.82 Å². The third-order valence-electron chi connectivity index (χ3n) is 2.22. The number of aromatic nitrogens is 1. The van der Waals surface area contributed by atoms with Gasteiger partial charge in [0.15, 0.2) is 5.82 Å². The first kappa shape index (κ1) is 12.4. The lowest BCUT2D eigenvalue weighted by molar-refractivity contribution is 0.630. The maximum Gasteiger partial charge on any atom is 0.165 e. The molecule has 0 saturated carbocycles. The van der Waals surface area contributed by atoms with Crippen LogP contribution in [0.25, 0.3) is 10.9 Å². The van der Waals surface area contributed by atoms with Gasteiger partial charge in [0.25, 0.3) is 0 Å². The van der Waals surface area contributed by atoms with Gasteiger partial charge in [-0.2, -0.15) is 5.26 Å². The molecule has 0 aliphatic heterocycles. The molecule has 0 radical (unpaired) electrons. The van der Waals surface area contributed by atoms with Crippen molar-refractivity contribution in [3.8, 4) is 6.07 Å². The largest absolute Gasteiger partial charge is 0.397 e. The molecule has 86 valence electrons. The van der Waals surface area contributed by atoms with Crippen LogP contribution < -0.4 is 5.73 Å². The van der Waals surface area contributed by atoms with Crippen LogP contribution in [0, 0.1) is 17.1 Å². The highest BCUT2D eigenvalue weighted by Gasteiger charge is 2.17. The topological polar surface area (TPSA) is 62.7 Å². The van der Waals surface area contributed by atoms with Gasteiger partial charge in [-0.3, -0.25) is 0 Å². The Morgan fingerprint density at radius 2 is 2.12 bits per heavy atom. The van der Waals surface area contributed by atoms with Crippen molar-refractivity contribution in [2.24, 2.45) is 0 Å². The lowest BCUT2D eigenvalue weighted by Gasteiger charge is -2.08. The molecular formula is C10H3BrCl2FN3. The number of pyridine rings is 1. The molecule has 2 rings (SSSR count). The molecule has 0 aliphatic carbocycles. The van der Waals surface area contributed by atoms with Crippen molar-refractivity contribution in [3.05, 3.63) is 32.1 Å². The number of nitrogen functional groups attached to an aromatic ring is 1. The number of anilines is 1. The maximum atomic E-state index is 13.9. The van der Waals surface area contributed by atoms with E-state index in [0.29, 0.717) is 0 Å². The Morgan fingerprint density at radius 3 is 2.71 bits per heavy atom. The zero-order chi connectivity index (χ0) is 12.7. The van der Waals surface area contributed by atoms with Crippen LogP contribution >= 0.6 is 39.1 Å². The molecule has 0 spiro atoms. The SMILES string of the molecule is N#Cc1c(Cl)nc2c(F)c(Br)c(Cl)cc2c1N. The molecular weight excluding hydrogens is 332 g/mol. The summed E-state index contributed by atoms with van der Waals surface area (Å²) in [5.41, 5.74) is 5.78. The minimum atomic E-state index is -0.661. The lowest BCUT2D eigenvalue weighted by atomic mass is 10.1. The molecule has 0 aliphatic rings. The van der Waals surface area contributed by atoms with Crippen molar-refractivity contribution < 1.29 is 4.39 Å². The summed E-state index contributed by atoms with van der Waals surface area (Å²) >= 11 is 14.5. The molecule has 0 unspecified atom stereocenters. The summed E-state index contributed by atoms with van der Waals surface area (Å²) in [6.45, 7) is 0. The van der Waals surface area contributed by atoms with Crippen molar-refractivity contribution in [1.82, 2.24) is 4.98 Å². The van der Waals surface area contributed by atoms with Crippen molar-refractivity contribution >= 4 is 55.7 Å². The van der Waals surface area contributed by atoms with Crippen LogP contribution in [0.5, 0.6) is 0 Å². The standard InChI is InChI=1S/C10H3BrCl2FN3/c11-6-5(12)1-3-8(16)4(2-15)10(13)17-9(3)7(6)14/h1H,(H2,16,17). The number of fused-ring (bicyclic) bond motifs is 1. The fourth-order valence-electron chi connectivity index (χ4n) is 1.41. The van der Waals surface area contributed by atoms with E-state index in [-0.39, 0.29) is 36.8 Å². The molecule has 2 N–H and O–H groups in total. The number of halogens is 4. The zero-order valence-corrected chi connectivity index (χ0v) is 11.2. The van der Waals surface area contributed by atoms with Crippen LogP contribution in [-0.4, -0.2) is 4.98 Å². The van der Waals surface area contributed by atoms with Gasteiger partial charge in [0.2, 0.25) is 0 Å². The second-order valence-corrected chi connectivity index (χ2v) is 4.74. The van der Waals surface area contributed by atoms with Gasteiger partial charge in [-0.25, -0.2) is 9.37 Å². The van der Waals surface area contributed by atoms with Crippen LogP contribution in [0.1, 0.15) is 5.56 Å². The van der Waals surface area contributed by atoms with Crippen LogP contribution in [0.4, 0.5) is 10.1 Å². The molecule has 0 saturated heterocycles. The summed E-state index contributed by atoms with van der Waals surface area (Å²) in [6.07, 6.45) is 0. The minimum absolute atomic E-state index is 0.0111. The van der Waals surface area contributed by atoms with Crippen LogP contribution in [0.2, 0.25) is 10.2 Å². The zero-order valence-electron chi connectivity index (χ0n) is 8.06. The van der Waals surface area contributed by atoms with Crippen LogP contribution in [-0.2, 0) is 0 Å². The number of rotatable bonds is 0. The molecule has 0 amide bonds. The van der Waals surface area contributed by atoms with Crippen LogP contribution in [0.3, 0.4) is 0 Å². The molecule has 0 atom stereocenters. The number of nitrogens with zero attached hydrogens (tertiary/aromatic N) is 2. The smallest absolute Gasteiger partial charge is 0.165 e. The van der Waals surface area contributed by atoms with Gasteiger partial charge in [-0.1, -0.05) is 23.2 Å². The van der Waals surface area contributed by atoms with E-state index in [4.69, 9.17) is 34.2 Å². The van der Waals surface area contributed by atoms with Crippen molar-refractivity contribution in [1.29, 1.82) is 5.26 Å². The molecule has 1 aromatic carbocycles. The predicted molar refractivity (Wildman–Crippen MR) is 68.5 cm³/mol. The highest BCUT2D eigenvalue weighted by molar-refractivity contribution is 9.10. The molecule has 7 heteroatoms. The quantitative estimate of drug-likeness (QED) is 0.587. The minimum Gasteiger partial charge on any atom is -0.397 e. The summed E-state index contributed by atoms with van der Waals surface area (Å²) in [4.78, 5) is 3.81. The number of nitrogens with two attached hydrogens (primary N) is 1. The number of nitriles is 1. The monoisotopic (exact) mass is 333 g/mol. The number of benzene rings is 1. The van der Waals surface area contributed by atoms with E-state index in [1.165, 1.54) is 6.07 Å². The fraction of sp³-hybridized carbons (Fsp3) is 0. The van der Waals surface area contributed by atoms with E-state index in [0.717, 1.165) is 0 Å². The second-order valence-electron chi connectivity index (χ2n) is 3.19. The summed E-state index contributed by atoms with van der Waals surface area (Å²) in [5, 5.41) is 9.14. The Morgan fingerprint density at radius 1 is 1.47 bits per heavy atom. The highest BCUT2D eigenvalue weighted by Crippen LogP contribution is 2.36. The van der Waals surface area contributed by atoms with Gasteiger partial charge in [0, 0.05) is 5.39 Å². The molecule has 0 fully saturated rings. The Labute approximate surface area is 114 Å². The average molecular weight is 335 g/mol. The third kappa shape index (κ3) is 1.82. The molecule has 2 aromatic rings. The van der Waals surface area contributed by atoms with Crippen molar-refractivity contribution in [3.63, 3.8) is 0 Å². The van der Waals surface area contributed by atoms with Gasteiger partial charge in [0.05, 0.1) is 15.2 Å². The second kappa shape index (κ2) is 4.30. The molecule has 1 heterocycles. The maximum absolute atomic E-state index is 13.9. The molecule has 0 bridgehead atoms. The highest BCUT2D eigenvalue weighted by atomic mass is 79.9. The first-order valence-electron chi connectivity index (χ1n) is 4.29. The first-order valence-corrected chi connectivity index (χ1v) is 5.84. The third-order valence-corrected chi connectivity index (χ3v) is 3.80. The van der Waals surface area contributed by atoms with E-state index in [2.05, 4.69) is 20.9 Å². The Kier molecular flexibility index (Phi) is 3.13. The van der Waals surface area contributed by atoms with Crippen molar-refractivity contribution in [2.75, 3.05) is 5.73 Å². The summed E-state index contributed by atoms with van der Waals surface area (Å²) < 4.78 is 13.9. The fourth-order valence-corrected chi connectivity index (χ4v) is 2.13. The Bertz CT molecular complexity index is 682. The Hall–Kier alpha value is -1.09. The van der Waals surface area contributed by atoms with E-state index in [9.17, 15) is 4.39 Å².